The molecule has 1 aliphatic heterocycles. The maximum absolute atomic E-state index is 12.8. The lowest BCUT2D eigenvalue weighted by Gasteiger charge is -2.12. The standard InChI is InChI=1S/C14H13FN2O3S/c1-8(2)12-13(19)17(14(20)21-12)7-11(18)16-10-5-3-9(15)4-6-10/h3-6H,7H2,1-2H3,(H,16,18). The summed E-state index contributed by atoms with van der Waals surface area (Å²) in [5, 5.41) is 2.04. The van der Waals surface area contributed by atoms with Crippen LogP contribution in [0, 0.1) is 5.82 Å². The molecule has 0 spiro atoms. The van der Waals surface area contributed by atoms with Gasteiger partial charge in [-0.25, -0.2) is 4.39 Å². The highest BCUT2D eigenvalue weighted by Gasteiger charge is 2.36. The highest BCUT2D eigenvalue weighted by Crippen LogP contribution is 2.32. The zero-order valence-electron chi connectivity index (χ0n) is 11.5. The first-order valence-corrected chi connectivity index (χ1v) is 6.96. The molecule has 1 saturated heterocycles. The fraction of sp³-hybridized carbons (Fsp3) is 0.214. The van der Waals surface area contributed by atoms with E-state index < -0.39 is 22.9 Å². The summed E-state index contributed by atoms with van der Waals surface area (Å²) in [6.07, 6.45) is 0. The molecule has 1 aromatic rings. The largest absolute Gasteiger partial charge is 0.325 e. The lowest BCUT2D eigenvalue weighted by molar-refractivity contribution is -0.127. The van der Waals surface area contributed by atoms with Crippen LogP contribution in [0.5, 0.6) is 0 Å². The van der Waals surface area contributed by atoms with E-state index >= 15 is 0 Å². The van der Waals surface area contributed by atoms with Gasteiger partial charge in [-0.05, 0) is 49.9 Å². The molecule has 21 heavy (non-hydrogen) atoms. The van der Waals surface area contributed by atoms with Gasteiger partial charge in [-0.2, -0.15) is 0 Å². The van der Waals surface area contributed by atoms with Gasteiger partial charge >= 0.3 is 0 Å². The van der Waals surface area contributed by atoms with Gasteiger partial charge in [0.2, 0.25) is 5.91 Å². The summed E-state index contributed by atoms with van der Waals surface area (Å²) in [4.78, 5) is 36.8. The van der Waals surface area contributed by atoms with Gasteiger partial charge in [-0.15, -0.1) is 0 Å². The van der Waals surface area contributed by atoms with E-state index in [4.69, 9.17) is 0 Å². The van der Waals surface area contributed by atoms with Crippen LogP contribution in [0.3, 0.4) is 0 Å². The molecule has 1 aromatic carbocycles. The summed E-state index contributed by atoms with van der Waals surface area (Å²) in [6.45, 7) is 3.10. The van der Waals surface area contributed by atoms with Crippen molar-refractivity contribution in [1.82, 2.24) is 4.90 Å². The van der Waals surface area contributed by atoms with E-state index in [1.165, 1.54) is 24.3 Å². The number of benzene rings is 1. The van der Waals surface area contributed by atoms with E-state index in [2.05, 4.69) is 5.32 Å². The van der Waals surface area contributed by atoms with Crippen molar-refractivity contribution in [2.24, 2.45) is 0 Å². The Morgan fingerprint density at radius 3 is 2.38 bits per heavy atom. The number of hydrogen-bond donors (Lipinski definition) is 1. The topological polar surface area (TPSA) is 66.5 Å². The minimum Gasteiger partial charge on any atom is -0.325 e. The number of allylic oxidation sites excluding steroid dienone is 1. The van der Waals surface area contributed by atoms with E-state index in [0.717, 1.165) is 22.2 Å². The molecule has 1 aliphatic rings. The normalized spacial score (nSPS) is 14.6. The van der Waals surface area contributed by atoms with Crippen molar-refractivity contribution < 1.29 is 18.8 Å². The summed E-state index contributed by atoms with van der Waals surface area (Å²) in [6, 6.07) is 5.21. The van der Waals surface area contributed by atoms with Crippen LogP contribution in [0.2, 0.25) is 0 Å². The predicted octanol–water partition coefficient (Wildman–Crippen LogP) is 2.75. The fourth-order valence-corrected chi connectivity index (χ4v) is 2.56. The average molecular weight is 308 g/mol. The minimum atomic E-state index is -0.515. The van der Waals surface area contributed by atoms with Crippen LogP contribution < -0.4 is 5.32 Å². The molecule has 3 amide bonds. The van der Waals surface area contributed by atoms with Crippen molar-refractivity contribution in [3.8, 4) is 0 Å². The zero-order valence-corrected chi connectivity index (χ0v) is 12.3. The van der Waals surface area contributed by atoms with E-state index in [1.54, 1.807) is 13.8 Å². The molecule has 0 aliphatic carbocycles. The number of hydrogen-bond acceptors (Lipinski definition) is 4. The molecular formula is C14H13FN2O3S. The molecule has 0 saturated carbocycles. The van der Waals surface area contributed by atoms with E-state index in [9.17, 15) is 18.8 Å². The number of carbonyl (C=O) groups excluding carboxylic acids is 3. The molecule has 0 unspecified atom stereocenters. The summed E-state index contributed by atoms with van der Waals surface area (Å²) in [5.41, 5.74) is 1.13. The fourth-order valence-electron chi connectivity index (χ4n) is 1.72. The van der Waals surface area contributed by atoms with Gasteiger partial charge in [0.25, 0.3) is 11.1 Å². The lowest BCUT2D eigenvalue weighted by Crippen LogP contribution is -2.36. The number of thioether (sulfide) groups is 1. The second kappa shape index (κ2) is 6.09. The summed E-state index contributed by atoms with van der Waals surface area (Å²) >= 11 is 0.828. The average Bonchev–Trinajstić information content (AvgIpc) is 2.69. The Balaban J connectivity index is 2.03. The molecule has 5 nitrogen and oxygen atoms in total. The van der Waals surface area contributed by atoms with Crippen LogP contribution in [0.1, 0.15) is 13.8 Å². The zero-order chi connectivity index (χ0) is 15.6. The van der Waals surface area contributed by atoms with Gasteiger partial charge < -0.3 is 5.32 Å². The number of anilines is 1. The van der Waals surface area contributed by atoms with E-state index in [0.29, 0.717) is 10.6 Å². The van der Waals surface area contributed by atoms with Crippen molar-refractivity contribution in [3.05, 3.63) is 40.6 Å². The number of imide groups is 1. The molecule has 110 valence electrons. The monoisotopic (exact) mass is 308 g/mol. The van der Waals surface area contributed by atoms with Crippen molar-refractivity contribution in [3.63, 3.8) is 0 Å². The Kier molecular flexibility index (Phi) is 4.42. The van der Waals surface area contributed by atoms with Gasteiger partial charge in [0.05, 0.1) is 4.91 Å². The summed E-state index contributed by atoms with van der Waals surface area (Å²) in [7, 11) is 0. The number of halogens is 1. The Morgan fingerprint density at radius 1 is 1.24 bits per heavy atom. The predicted molar refractivity (Wildman–Crippen MR) is 78.1 cm³/mol. The molecule has 1 fully saturated rings. The lowest BCUT2D eigenvalue weighted by atomic mass is 10.3. The number of nitrogens with zero attached hydrogens (tertiary/aromatic N) is 1. The molecule has 0 radical (unpaired) electrons. The van der Waals surface area contributed by atoms with Crippen LogP contribution in [-0.2, 0) is 9.59 Å². The van der Waals surface area contributed by atoms with Gasteiger partial charge in [0.1, 0.15) is 12.4 Å². The third-order valence-corrected chi connectivity index (χ3v) is 3.91. The highest BCUT2D eigenvalue weighted by atomic mass is 32.2. The van der Waals surface area contributed by atoms with Crippen LogP contribution in [0.4, 0.5) is 14.9 Å². The van der Waals surface area contributed by atoms with Gasteiger partial charge in [0.15, 0.2) is 0 Å². The third-order valence-electron chi connectivity index (χ3n) is 2.73. The quantitative estimate of drug-likeness (QED) is 0.872. The van der Waals surface area contributed by atoms with Crippen LogP contribution in [0.15, 0.2) is 34.7 Å². The maximum Gasteiger partial charge on any atom is 0.294 e. The molecule has 0 aromatic heterocycles. The van der Waals surface area contributed by atoms with E-state index in [1.807, 2.05) is 0 Å². The first-order valence-electron chi connectivity index (χ1n) is 6.15. The Labute approximate surface area is 125 Å². The highest BCUT2D eigenvalue weighted by molar-refractivity contribution is 8.18. The maximum atomic E-state index is 12.8. The molecule has 7 heteroatoms. The van der Waals surface area contributed by atoms with Crippen LogP contribution in [-0.4, -0.2) is 28.5 Å². The van der Waals surface area contributed by atoms with Gasteiger partial charge in [-0.1, -0.05) is 5.57 Å². The van der Waals surface area contributed by atoms with Gasteiger partial charge in [-0.3, -0.25) is 19.3 Å². The van der Waals surface area contributed by atoms with Gasteiger partial charge in [0, 0.05) is 5.69 Å². The van der Waals surface area contributed by atoms with Crippen LogP contribution >= 0.6 is 11.8 Å². The second-order valence-electron chi connectivity index (χ2n) is 4.64. The molecule has 1 heterocycles. The number of nitrogens with one attached hydrogen (secondary N) is 1. The molecule has 0 bridgehead atoms. The first-order chi connectivity index (χ1) is 9.88. The Hall–Kier alpha value is -2.15. The van der Waals surface area contributed by atoms with Crippen molar-refractivity contribution in [2.45, 2.75) is 13.8 Å². The number of amides is 3. The minimum absolute atomic E-state index is 0.356. The second-order valence-corrected chi connectivity index (χ2v) is 5.61. The van der Waals surface area contributed by atoms with Crippen molar-refractivity contribution in [1.29, 1.82) is 0 Å². The number of carbonyl (C=O) groups is 3. The molecule has 1 N–H and O–H groups in total. The van der Waals surface area contributed by atoms with Crippen molar-refractivity contribution in [2.75, 3.05) is 11.9 Å². The number of rotatable bonds is 3. The first kappa shape index (κ1) is 15.2. The molecule has 2 rings (SSSR count). The Bertz CT molecular complexity index is 636. The smallest absolute Gasteiger partial charge is 0.294 e. The molecular weight excluding hydrogens is 295 g/mol. The van der Waals surface area contributed by atoms with Crippen molar-refractivity contribution >= 4 is 34.5 Å². The molecule has 0 atom stereocenters. The Morgan fingerprint density at radius 2 is 1.86 bits per heavy atom. The third kappa shape index (κ3) is 3.49. The van der Waals surface area contributed by atoms with E-state index in [-0.39, 0.29) is 6.54 Å². The van der Waals surface area contributed by atoms with Crippen LogP contribution in [0.25, 0.3) is 0 Å². The summed E-state index contributed by atoms with van der Waals surface area (Å²) < 4.78 is 12.8. The summed E-state index contributed by atoms with van der Waals surface area (Å²) in [5.74, 6) is -1.39. The SMILES string of the molecule is CC(C)=C1SC(=O)N(CC(=O)Nc2ccc(F)cc2)C1=O.